The lowest BCUT2D eigenvalue weighted by atomic mass is 9.75. The third kappa shape index (κ3) is 4.06. The molecule has 1 heterocycles. The van der Waals surface area contributed by atoms with Crippen LogP contribution in [0.15, 0.2) is 48.5 Å². The van der Waals surface area contributed by atoms with Gasteiger partial charge in [-0.05, 0) is 29.2 Å². The van der Waals surface area contributed by atoms with E-state index in [2.05, 4.69) is 6.92 Å². The van der Waals surface area contributed by atoms with Crippen molar-refractivity contribution in [3.8, 4) is 0 Å². The van der Waals surface area contributed by atoms with E-state index in [9.17, 15) is 14.4 Å². The summed E-state index contributed by atoms with van der Waals surface area (Å²) in [7, 11) is 3.16. The number of amides is 3. The molecule has 2 aromatic carbocycles. The van der Waals surface area contributed by atoms with Gasteiger partial charge >= 0.3 is 0 Å². The summed E-state index contributed by atoms with van der Waals surface area (Å²) in [5.41, 5.74) is 1.51. The first-order valence-corrected chi connectivity index (χ1v) is 10.0. The molecule has 1 atom stereocenters. The van der Waals surface area contributed by atoms with Crippen molar-refractivity contribution in [2.75, 3.05) is 14.1 Å². The van der Waals surface area contributed by atoms with Crippen LogP contribution in [0, 0.1) is 0 Å². The number of aryl methyl sites for hydroxylation is 1. The monoisotopic (exact) mass is 412 g/mol. The molecule has 0 aliphatic carbocycles. The molecule has 152 valence electrons. The summed E-state index contributed by atoms with van der Waals surface area (Å²) in [5.74, 6) is -0.897. The maximum Gasteiger partial charge on any atom is 0.240 e. The SMILES string of the molecule is CCc1ccc(CN(C)C(=O)CC2(c3ccccc3Cl)CC(=O)N(C)C2=O)cc1. The van der Waals surface area contributed by atoms with E-state index >= 15 is 0 Å². The second-order valence-corrected chi connectivity index (χ2v) is 8.00. The molecule has 0 N–H and O–H groups in total. The average Bonchev–Trinajstić information content (AvgIpc) is 2.93. The average molecular weight is 413 g/mol. The summed E-state index contributed by atoms with van der Waals surface area (Å²) < 4.78 is 0. The van der Waals surface area contributed by atoms with Crippen molar-refractivity contribution in [3.05, 3.63) is 70.2 Å². The summed E-state index contributed by atoms with van der Waals surface area (Å²) >= 11 is 6.37. The Morgan fingerprint density at radius 3 is 2.28 bits per heavy atom. The Hall–Kier alpha value is -2.66. The number of likely N-dealkylation sites (N-methyl/N-ethyl adjacent to an activating group) is 1. The largest absolute Gasteiger partial charge is 0.341 e. The zero-order valence-electron chi connectivity index (χ0n) is 16.9. The quantitative estimate of drug-likeness (QED) is 0.681. The molecule has 0 radical (unpaired) electrons. The molecule has 0 aromatic heterocycles. The minimum Gasteiger partial charge on any atom is -0.341 e. The fourth-order valence-electron chi connectivity index (χ4n) is 3.82. The zero-order valence-corrected chi connectivity index (χ0v) is 17.7. The Morgan fingerprint density at radius 1 is 1.10 bits per heavy atom. The Morgan fingerprint density at radius 2 is 1.72 bits per heavy atom. The number of rotatable bonds is 6. The highest BCUT2D eigenvalue weighted by Crippen LogP contribution is 2.42. The first-order valence-electron chi connectivity index (χ1n) is 9.66. The van der Waals surface area contributed by atoms with Crippen molar-refractivity contribution < 1.29 is 14.4 Å². The van der Waals surface area contributed by atoms with Gasteiger partial charge in [-0.25, -0.2) is 0 Å². The van der Waals surface area contributed by atoms with Crippen LogP contribution >= 0.6 is 11.6 Å². The number of nitrogens with zero attached hydrogens (tertiary/aromatic N) is 2. The topological polar surface area (TPSA) is 57.7 Å². The van der Waals surface area contributed by atoms with Gasteiger partial charge in [0.25, 0.3) is 0 Å². The van der Waals surface area contributed by atoms with E-state index in [4.69, 9.17) is 11.6 Å². The molecule has 0 saturated carbocycles. The van der Waals surface area contributed by atoms with Gasteiger partial charge in [0.2, 0.25) is 17.7 Å². The van der Waals surface area contributed by atoms with Gasteiger partial charge in [0, 0.05) is 38.5 Å². The van der Waals surface area contributed by atoms with E-state index in [0.717, 1.165) is 16.9 Å². The summed E-state index contributed by atoms with van der Waals surface area (Å²) in [6.45, 7) is 2.52. The Labute approximate surface area is 176 Å². The van der Waals surface area contributed by atoms with Crippen LogP contribution in [0.5, 0.6) is 0 Å². The standard InChI is InChI=1S/C23H25ClN2O3/c1-4-16-9-11-17(12-10-16)15-25(2)20(27)13-23(14-21(28)26(3)22(23)29)18-7-5-6-8-19(18)24/h5-12H,4,13-15H2,1-3H3. The van der Waals surface area contributed by atoms with Gasteiger partial charge in [-0.3, -0.25) is 19.3 Å². The minimum atomic E-state index is -1.26. The molecule has 1 aliphatic rings. The van der Waals surface area contributed by atoms with Crippen LogP contribution in [-0.2, 0) is 32.8 Å². The smallest absolute Gasteiger partial charge is 0.240 e. The molecule has 3 rings (SSSR count). The number of benzene rings is 2. The summed E-state index contributed by atoms with van der Waals surface area (Å²) in [6, 6.07) is 15.0. The lowest BCUT2D eigenvalue weighted by Gasteiger charge is -2.29. The first-order chi connectivity index (χ1) is 13.8. The van der Waals surface area contributed by atoms with Crippen molar-refractivity contribution in [2.45, 2.75) is 38.1 Å². The fraction of sp³-hybridized carbons (Fsp3) is 0.348. The van der Waals surface area contributed by atoms with Crippen LogP contribution < -0.4 is 0 Å². The van der Waals surface area contributed by atoms with Gasteiger partial charge < -0.3 is 4.90 Å². The molecule has 6 heteroatoms. The third-order valence-electron chi connectivity index (χ3n) is 5.66. The molecular weight excluding hydrogens is 388 g/mol. The van der Waals surface area contributed by atoms with Gasteiger partial charge in [0.05, 0.1) is 5.41 Å². The van der Waals surface area contributed by atoms with Crippen molar-refractivity contribution >= 4 is 29.3 Å². The summed E-state index contributed by atoms with van der Waals surface area (Å²) in [4.78, 5) is 41.1. The molecular formula is C23H25ClN2O3. The molecule has 1 fully saturated rings. The Bertz CT molecular complexity index is 941. The molecule has 1 unspecified atom stereocenters. The van der Waals surface area contributed by atoms with E-state index in [1.54, 1.807) is 36.2 Å². The molecule has 1 saturated heterocycles. The number of carbonyl (C=O) groups excluding carboxylic acids is 3. The van der Waals surface area contributed by atoms with Crippen LogP contribution in [0.1, 0.15) is 36.5 Å². The molecule has 2 aromatic rings. The first kappa shape index (κ1) is 21.1. The van der Waals surface area contributed by atoms with E-state index in [-0.39, 0.29) is 30.6 Å². The Kier molecular flexibility index (Phi) is 6.08. The number of carbonyl (C=O) groups is 3. The molecule has 29 heavy (non-hydrogen) atoms. The minimum absolute atomic E-state index is 0.0587. The van der Waals surface area contributed by atoms with E-state index in [0.29, 0.717) is 17.1 Å². The van der Waals surface area contributed by atoms with Crippen molar-refractivity contribution in [1.29, 1.82) is 0 Å². The van der Waals surface area contributed by atoms with Crippen molar-refractivity contribution in [3.63, 3.8) is 0 Å². The highest BCUT2D eigenvalue weighted by molar-refractivity contribution is 6.32. The summed E-state index contributed by atoms with van der Waals surface area (Å²) in [6.07, 6.45) is 0.797. The molecule has 5 nitrogen and oxygen atoms in total. The third-order valence-corrected chi connectivity index (χ3v) is 5.99. The van der Waals surface area contributed by atoms with E-state index < -0.39 is 5.41 Å². The molecule has 0 bridgehead atoms. The van der Waals surface area contributed by atoms with Crippen LogP contribution in [0.25, 0.3) is 0 Å². The fourth-order valence-corrected chi connectivity index (χ4v) is 4.13. The predicted molar refractivity (Wildman–Crippen MR) is 112 cm³/mol. The Balaban J connectivity index is 1.86. The van der Waals surface area contributed by atoms with Crippen molar-refractivity contribution in [2.24, 2.45) is 0 Å². The normalized spacial score (nSPS) is 19.0. The molecule has 3 amide bonds. The number of halogens is 1. The summed E-state index contributed by atoms with van der Waals surface area (Å²) in [5, 5.41) is 0.384. The predicted octanol–water partition coefficient (Wildman–Crippen LogP) is 3.58. The van der Waals surface area contributed by atoms with Crippen LogP contribution in [0.2, 0.25) is 5.02 Å². The van der Waals surface area contributed by atoms with Crippen molar-refractivity contribution in [1.82, 2.24) is 9.80 Å². The highest BCUT2D eigenvalue weighted by Gasteiger charge is 2.53. The molecule has 1 aliphatic heterocycles. The number of imide groups is 1. The maximum atomic E-state index is 13.1. The number of hydrogen-bond acceptors (Lipinski definition) is 3. The van der Waals surface area contributed by atoms with Gasteiger partial charge in [0.15, 0.2) is 0 Å². The lowest BCUT2D eigenvalue weighted by Crippen LogP contribution is -2.41. The van der Waals surface area contributed by atoms with Crippen LogP contribution in [0.4, 0.5) is 0 Å². The maximum absolute atomic E-state index is 13.1. The number of likely N-dealkylation sites (tertiary alicyclic amines) is 1. The number of hydrogen-bond donors (Lipinski definition) is 0. The van der Waals surface area contributed by atoms with Gasteiger partial charge in [-0.15, -0.1) is 0 Å². The lowest BCUT2D eigenvalue weighted by molar-refractivity contribution is -0.141. The van der Waals surface area contributed by atoms with E-state index in [1.165, 1.54) is 12.6 Å². The van der Waals surface area contributed by atoms with Gasteiger partial charge in [-0.2, -0.15) is 0 Å². The van der Waals surface area contributed by atoms with Crippen LogP contribution in [0.3, 0.4) is 0 Å². The van der Waals surface area contributed by atoms with Gasteiger partial charge in [0.1, 0.15) is 0 Å². The second kappa shape index (κ2) is 8.37. The highest BCUT2D eigenvalue weighted by atomic mass is 35.5. The zero-order chi connectivity index (χ0) is 21.2. The van der Waals surface area contributed by atoms with Crippen LogP contribution in [-0.4, -0.2) is 41.6 Å². The van der Waals surface area contributed by atoms with Gasteiger partial charge in [-0.1, -0.05) is 61.0 Å². The van der Waals surface area contributed by atoms with E-state index in [1.807, 2.05) is 24.3 Å². The second-order valence-electron chi connectivity index (χ2n) is 7.59. The molecule has 0 spiro atoms.